The highest BCUT2D eigenvalue weighted by Gasteiger charge is 2.26. The molecule has 0 aromatic heterocycles. The maximum Gasteiger partial charge on any atom is -0.00700 e. The molecule has 5 rings (SSSR count). The number of hydrogen-bond donors (Lipinski definition) is 0. The van der Waals surface area contributed by atoms with Gasteiger partial charge in [-0.25, -0.2) is 0 Å². The molecule has 0 heteroatoms. The zero-order valence-electron chi connectivity index (χ0n) is 13.5. The minimum atomic E-state index is 1.18. The zero-order valence-corrected chi connectivity index (χ0v) is 13.5. The summed E-state index contributed by atoms with van der Waals surface area (Å²) < 4.78 is 0. The van der Waals surface area contributed by atoms with Crippen LogP contribution < -0.4 is 0 Å². The SMILES string of the molecule is c1ccc(-c2c3c(c(-c4ccccc4)c4ccccc24)CC3)cc1. The van der Waals surface area contributed by atoms with Crippen molar-refractivity contribution < 1.29 is 0 Å². The Morgan fingerprint density at radius 2 is 0.792 bits per heavy atom. The average Bonchev–Trinajstić information content (AvgIpc) is 2.64. The molecule has 24 heavy (non-hydrogen) atoms. The molecule has 0 aliphatic heterocycles. The first-order valence-electron chi connectivity index (χ1n) is 8.61. The monoisotopic (exact) mass is 306 g/mol. The van der Waals surface area contributed by atoms with Gasteiger partial charge in [-0.3, -0.25) is 0 Å². The molecule has 0 radical (unpaired) electrons. The maximum absolute atomic E-state index is 2.28. The van der Waals surface area contributed by atoms with E-state index in [1.807, 2.05) is 0 Å². The van der Waals surface area contributed by atoms with E-state index in [1.165, 1.54) is 45.9 Å². The molecule has 1 aliphatic carbocycles. The van der Waals surface area contributed by atoms with Crippen LogP contribution in [0.5, 0.6) is 0 Å². The zero-order chi connectivity index (χ0) is 15.9. The minimum Gasteiger partial charge on any atom is -0.0622 e. The van der Waals surface area contributed by atoms with E-state index >= 15 is 0 Å². The van der Waals surface area contributed by atoms with Gasteiger partial charge >= 0.3 is 0 Å². The molecular weight excluding hydrogens is 288 g/mol. The van der Waals surface area contributed by atoms with Gasteiger partial charge in [0.15, 0.2) is 0 Å². The van der Waals surface area contributed by atoms with Crippen molar-refractivity contribution in [3.8, 4) is 22.3 Å². The van der Waals surface area contributed by atoms with Gasteiger partial charge in [-0.15, -0.1) is 0 Å². The highest BCUT2D eigenvalue weighted by atomic mass is 14.3. The Morgan fingerprint density at radius 3 is 1.17 bits per heavy atom. The maximum atomic E-state index is 2.28. The van der Waals surface area contributed by atoms with E-state index in [9.17, 15) is 0 Å². The number of rotatable bonds is 2. The first kappa shape index (κ1) is 13.6. The molecule has 0 fully saturated rings. The lowest BCUT2D eigenvalue weighted by atomic mass is 9.75. The number of benzene rings is 4. The van der Waals surface area contributed by atoms with Gasteiger partial charge in [-0.1, -0.05) is 84.9 Å². The summed E-state index contributed by atoms with van der Waals surface area (Å²) in [6.07, 6.45) is 2.37. The summed E-state index contributed by atoms with van der Waals surface area (Å²) in [5, 5.41) is 2.75. The topological polar surface area (TPSA) is 0 Å². The lowest BCUT2D eigenvalue weighted by Gasteiger charge is -2.29. The third kappa shape index (κ3) is 1.93. The van der Waals surface area contributed by atoms with Gasteiger partial charge in [0.25, 0.3) is 0 Å². The molecule has 0 saturated heterocycles. The van der Waals surface area contributed by atoms with Crippen LogP contribution in [-0.2, 0) is 12.8 Å². The van der Waals surface area contributed by atoms with E-state index in [0.717, 1.165) is 0 Å². The Hall–Kier alpha value is -2.86. The summed E-state index contributed by atoms with van der Waals surface area (Å²) in [6.45, 7) is 0. The lowest BCUT2D eigenvalue weighted by molar-refractivity contribution is 0.849. The molecule has 0 amide bonds. The van der Waals surface area contributed by atoms with E-state index in [4.69, 9.17) is 0 Å². The quantitative estimate of drug-likeness (QED) is 0.409. The second kappa shape index (κ2) is 5.35. The molecule has 114 valence electrons. The second-order valence-electron chi connectivity index (χ2n) is 6.48. The molecule has 1 aliphatic rings. The van der Waals surface area contributed by atoms with Crippen LogP contribution in [0.4, 0.5) is 0 Å². The van der Waals surface area contributed by atoms with Crippen molar-refractivity contribution in [1.29, 1.82) is 0 Å². The van der Waals surface area contributed by atoms with Crippen molar-refractivity contribution in [2.45, 2.75) is 12.8 Å². The average molecular weight is 306 g/mol. The van der Waals surface area contributed by atoms with Crippen LogP contribution in [0.1, 0.15) is 11.1 Å². The van der Waals surface area contributed by atoms with Crippen LogP contribution in [0.25, 0.3) is 33.0 Å². The van der Waals surface area contributed by atoms with Gasteiger partial charge in [0.1, 0.15) is 0 Å². The molecule has 0 N–H and O–H groups in total. The Kier molecular flexibility index (Phi) is 3.02. The van der Waals surface area contributed by atoms with Crippen molar-refractivity contribution >= 4 is 10.8 Å². The summed E-state index contributed by atoms with van der Waals surface area (Å²) in [4.78, 5) is 0. The van der Waals surface area contributed by atoms with Gasteiger partial charge in [0.2, 0.25) is 0 Å². The molecule has 4 aromatic carbocycles. The molecule has 0 unspecified atom stereocenters. The van der Waals surface area contributed by atoms with Crippen LogP contribution in [0.3, 0.4) is 0 Å². The normalized spacial score (nSPS) is 12.7. The van der Waals surface area contributed by atoms with Crippen LogP contribution in [0.2, 0.25) is 0 Å². The van der Waals surface area contributed by atoms with Crippen molar-refractivity contribution in [3.63, 3.8) is 0 Å². The second-order valence-corrected chi connectivity index (χ2v) is 6.48. The fourth-order valence-electron chi connectivity index (χ4n) is 4.04. The summed E-state index contributed by atoms with van der Waals surface area (Å²) in [5.41, 5.74) is 8.63. The highest BCUT2D eigenvalue weighted by molar-refractivity contribution is 6.08. The number of fused-ring (bicyclic) bond motifs is 2. The van der Waals surface area contributed by atoms with Crippen molar-refractivity contribution in [2.24, 2.45) is 0 Å². The van der Waals surface area contributed by atoms with Gasteiger partial charge in [0.05, 0.1) is 0 Å². The fourth-order valence-corrected chi connectivity index (χ4v) is 4.04. The Balaban J connectivity index is 1.91. The van der Waals surface area contributed by atoms with Gasteiger partial charge < -0.3 is 0 Å². The molecule has 0 saturated carbocycles. The van der Waals surface area contributed by atoms with Crippen LogP contribution in [0.15, 0.2) is 84.9 Å². The Bertz CT molecular complexity index is 942. The predicted octanol–water partition coefficient (Wildman–Crippen LogP) is 6.27. The van der Waals surface area contributed by atoms with Crippen molar-refractivity contribution in [2.75, 3.05) is 0 Å². The lowest BCUT2D eigenvalue weighted by Crippen LogP contribution is -2.13. The van der Waals surface area contributed by atoms with E-state index in [2.05, 4.69) is 84.9 Å². The van der Waals surface area contributed by atoms with E-state index in [-0.39, 0.29) is 0 Å². The smallest absolute Gasteiger partial charge is 0.00700 e. The van der Waals surface area contributed by atoms with Crippen molar-refractivity contribution in [3.05, 3.63) is 96.1 Å². The van der Waals surface area contributed by atoms with Gasteiger partial charge in [0, 0.05) is 0 Å². The van der Waals surface area contributed by atoms with Gasteiger partial charge in [-0.05, 0) is 57.0 Å². The van der Waals surface area contributed by atoms with Crippen LogP contribution in [-0.4, -0.2) is 0 Å². The van der Waals surface area contributed by atoms with E-state index < -0.39 is 0 Å². The first-order valence-corrected chi connectivity index (χ1v) is 8.61. The number of hydrogen-bond acceptors (Lipinski definition) is 0. The van der Waals surface area contributed by atoms with Gasteiger partial charge in [-0.2, -0.15) is 0 Å². The molecular formula is C24H18. The molecule has 0 bridgehead atoms. The fraction of sp³-hybridized carbons (Fsp3) is 0.0833. The van der Waals surface area contributed by atoms with E-state index in [1.54, 1.807) is 11.1 Å². The minimum absolute atomic E-state index is 1.18. The summed E-state index contributed by atoms with van der Waals surface area (Å²) >= 11 is 0. The van der Waals surface area contributed by atoms with Crippen LogP contribution in [0, 0.1) is 0 Å². The molecule has 0 nitrogen and oxygen atoms in total. The first-order chi connectivity index (χ1) is 11.9. The molecule has 0 atom stereocenters. The molecule has 0 heterocycles. The summed E-state index contributed by atoms with van der Waals surface area (Å²) in [7, 11) is 0. The molecule has 4 aromatic rings. The Labute approximate surface area is 142 Å². The summed E-state index contributed by atoms with van der Waals surface area (Å²) in [6, 6.07) is 30.6. The third-order valence-corrected chi connectivity index (χ3v) is 5.18. The Morgan fingerprint density at radius 1 is 0.417 bits per heavy atom. The standard InChI is InChI=1S/C24H18/c1-3-9-17(10-4-1)23-19-13-7-8-14-20(19)24(22-16-15-21(22)23)18-11-5-2-6-12-18/h1-14H,15-16H2. The largest absolute Gasteiger partial charge is 0.0622 e. The van der Waals surface area contributed by atoms with Crippen molar-refractivity contribution in [1.82, 2.24) is 0 Å². The predicted molar refractivity (Wildman–Crippen MR) is 102 cm³/mol. The summed E-state index contributed by atoms with van der Waals surface area (Å²) in [5.74, 6) is 0. The highest BCUT2D eigenvalue weighted by Crippen LogP contribution is 2.46. The third-order valence-electron chi connectivity index (χ3n) is 5.18. The van der Waals surface area contributed by atoms with Crippen LogP contribution >= 0.6 is 0 Å². The molecule has 0 spiro atoms. The van der Waals surface area contributed by atoms with E-state index in [0.29, 0.717) is 0 Å².